The summed E-state index contributed by atoms with van der Waals surface area (Å²) >= 11 is 0. The molecule has 0 fully saturated rings. The largest absolute Gasteiger partial charge is 0.380 e. The zero-order valence-electron chi connectivity index (χ0n) is 10.0. The monoisotopic (exact) mass is 256 g/mol. The van der Waals surface area contributed by atoms with Gasteiger partial charge in [-0.1, -0.05) is 6.07 Å². The predicted octanol–water partition coefficient (Wildman–Crippen LogP) is 2.60. The van der Waals surface area contributed by atoms with Gasteiger partial charge in [0.05, 0.1) is 16.2 Å². The van der Waals surface area contributed by atoms with Gasteiger partial charge in [0, 0.05) is 31.2 Å². The standard InChI is InChI=1S/C13H12N4O2/c14-8-11-12(2-1-3-13(11)17(18)19)16-9-10-4-6-15-7-5-10/h1-8,14,16H,9H2. The quantitative estimate of drug-likeness (QED) is 0.488. The highest BCUT2D eigenvalue weighted by molar-refractivity contribution is 5.91. The lowest BCUT2D eigenvalue weighted by Gasteiger charge is -2.09. The number of nitro groups is 1. The smallest absolute Gasteiger partial charge is 0.280 e. The van der Waals surface area contributed by atoms with Crippen LogP contribution in [0.4, 0.5) is 11.4 Å². The fourth-order valence-corrected chi connectivity index (χ4v) is 1.72. The van der Waals surface area contributed by atoms with E-state index in [9.17, 15) is 10.1 Å². The fourth-order valence-electron chi connectivity index (χ4n) is 1.72. The van der Waals surface area contributed by atoms with Gasteiger partial charge in [-0.05, 0) is 23.8 Å². The minimum absolute atomic E-state index is 0.0743. The average Bonchev–Trinajstić information content (AvgIpc) is 2.45. The molecule has 2 aromatic rings. The van der Waals surface area contributed by atoms with Gasteiger partial charge in [0.2, 0.25) is 0 Å². The Kier molecular flexibility index (Phi) is 3.82. The van der Waals surface area contributed by atoms with Crippen LogP contribution in [0.15, 0.2) is 42.7 Å². The SMILES string of the molecule is N=Cc1c(NCc2ccncc2)cccc1[N+](=O)[O-]. The van der Waals surface area contributed by atoms with Gasteiger partial charge in [0.1, 0.15) is 0 Å². The Hall–Kier alpha value is -2.76. The van der Waals surface area contributed by atoms with Crippen LogP contribution in [-0.4, -0.2) is 16.1 Å². The van der Waals surface area contributed by atoms with Gasteiger partial charge >= 0.3 is 0 Å². The summed E-state index contributed by atoms with van der Waals surface area (Å²) in [4.78, 5) is 14.3. The van der Waals surface area contributed by atoms with Crippen molar-refractivity contribution in [3.63, 3.8) is 0 Å². The lowest BCUT2D eigenvalue weighted by molar-refractivity contribution is -0.384. The Labute approximate surface area is 109 Å². The molecule has 1 aromatic heterocycles. The van der Waals surface area contributed by atoms with Gasteiger partial charge in [0.15, 0.2) is 0 Å². The highest BCUT2D eigenvalue weighted by Crippen LogP contribution is 2.24. The molecule has 0 radical (unpaired) electrons. The van der Waals surface area contributed by atoms with E-state index in [2.05, 4.69) is 10.3 Å². The van der Waals surface area contributed by atoms with Crippen molar-refractivity contribution in [2.75, 3.05) is 5.32 Å². The van der Waals surface area contributed by atoms with E-state index in [1.807, 2.05) is 12.1 Å². The first-order valence-electron chi connectivity index (χ1n) is 5.63. The lowest BCUT2D eigenvalue weighted by Crippen LogP contribution is -2.04. The Morgan fingerprint density at radius 3 is 2.68 bits per heavy atom. The topological polar surface area (TPSA) is 91.9 Å². The summed E-state index contributed by atoms with van der Waals surface area (Å²) in [5.41, 5.74) is 1.79. The molecule has 0 aliphatic carbocycles. The first-order chi connectivity index (χ1) is 9.22. The maximum absolute atomic E-state index is 10.9. The van der Waals surface area contributed by atoms with Crippen molar-refractivity contribution in [2.45, 2.75) is 6.54 Å². The van der Waals surface area contributed by atoms with E-state index in [1.54, 1.807) is 24.5 Å². The van der Waals surface area contributed by atoms with E-state index in [4.69, 9.17) is 5.41 Å². The number of hydrogen-bond acceptors (Lipinski definition) is 5. The van der Waals surface area contributed by atoms with E-state index < -0.39 is 4.92 Å². The number of rotatable bonds is 5. The summed E-state index contributed by atoms with van der Waals surface area (Å²) in [7, 11) is 0. The van der Waals surface area contributed by atoms with E-state index in [-0.39, 0.29) is 11.3 Å². The van der Waals surface area contributed by atoms with Crippen molar-refractivity contribution in [1.29, 1.82) is 5.41 Å². The van der Waals surface area contributed by atoms with Crippen molar-refractivity contribution in [3.05, 3.63) is 64.0 Å². The number of nitrogens with zero attached hydrogens (tertiary/aromatic N) is 2. The van der Waals surface area contributed by atoms with Gasteiger partial charge in [0.25, 0.3) is 5.69 Å². The van der Waals surface area contributed by atoms with Crippen LogP contribution in [0.5, 0.6) is 0 Å². The molecule has 0 saturated carbocycles. The Morgan fingerprint density at radius 1 is 1.32 bits per heavy atom. The normalized spacial score (nSPS) is 9.89. The maximum Gasteiger partial charge on any atom is 0.280 e. The number of pyridine rings is 1. The van der Waals surface area contributed by atoms with Crippen LogP contribution >= 0.6 is 0 Å². The van der Waals surface area contributed by atoms with Gasteiger partial charge in [-0.15, -0.1) is 0 Å². The molecule has 2 N–H and O–H groups in total. The lowest BCUT2D eigenvalue weighted by atomic mass is 10.1. The molecular formula is C13H12N4O2. The van der Waals surface area contributed by atoms with Crippen LogP contribution < -0.4 is 5.32 Å². The minimum atomic E-state index is -0.488. The molecule has 0 unspecified atom stereocenters. The molecule has 0 spiro atoms. The highest BCUT2D eigenvalue weighted by atomic mass is 16.6. The highest BCUT2D eigenvalue weighted by Gasteiger charge is 2.14. The first-order valence-corrected chi connectivity index (χ1v) is 5.63. The van der Waals surface area contributed by atoms with E-state index in [0.29, 0.717) is 12.2 Å². The number of hydrogen-bond donors (Lipinski definition) is 2. The summed E-state index contributed by atoms with van der Waals surface area (Å²) < 4.78 is 0. The van der Waals surface area contributed by atoms with Crippen molar-refractivity contribution >= 4 is 17.6 Å². The molecule has 96 valence electrons. The van der Waals surface area contributed by atoms with Crippen LogP contribution in [0, 0.1) is 15.5 Å². The van der Waals surface area contributed by atoms with Crippen LogP contribution in [0.25, 0.3) is 0 Å². The van der Waals surface area contributed by atoms with Gasteiger partial charge in [-0.3, -0.25) is 15.1 Å². The molecule has 19 heavy (non-hydrogen) atoms. The molecule has 1 heterocycles. The molecule has 0 amide bonds. The van der Waals surface area contributed by atoms with E-state index in [0.717, 1.165) is 11.8 Å². The zero-order valence-corrected chi connectivity index (χ0v) is 10.0. The Bertz CT molecular complexity index is 599. The van der Waals surface area contributed by atoms with Gasteiger partial charge in [-0.2, -0.15) is 0 Å². The van der Waals surface area contributed by atoms with Crippen molar-refractivity contribution in [1.82, 2.24) is 4.98 Å². The molecule has 0 saturated heterocycles. The molecule has 0 aliphatic heterocycles. The number of benzene rings is 1. The third kappa shape index (κ3) is 2.92. The predicted molar refractivity (Wildman–Crippen MR) is 72.5 cm³/mol. The van der Waals surface area contributed by atoms with Gasteiger partial charge < -0.3 is 10.7 Å². The van der Waals surface area contributed by atoms with Gasteiger partial charge in [-0.25, -0.2) is 0 Å². The molecule has 6 heteroatoms. The number of anilines is 1. The minimum Gasteiger partial charge on any atom is -0.380 e. The van der Waals surface area contributed by atoms with Crippen LogP contribution in [0.3, 0.4) is 0 Å². The molecular weight excluding hydrogens is 244 g/mol. The third-order valence-electron chi connectivity index (χ3n) is 2.66. The van der Waals surface area contributed by atoms with E-state index in [1.165, 1.54) is 6.07 Å². The first kappa shape index (κ1) is 12.7. The number of aromatic nitrogens is 1. The third-order valence-corrected chi connectivity index (χ3v) is 2.66. The summed E-state index contributed by atoms with van der Waals surface area (Å²) in [6.45, 7) is 0.518. The maximum atomic E-state index is 10.9. The molecule has 1 aromatic carbocycles. The molecule has 0 bridgehead atoms. The van der Waals surface area contributed by atoms with E-state index >= 15 is 0 Å². The van der Waals surface area contributed by atoms with Crippen molar-refractivity contribution < 1.29 is 4.92 Å². The molecule has 0 atom stereocenters. The Morgan fingerprint density at radius 2 is 2.05 bits per heavy atom. The summed E-state index contributed by atoms with van der Waals surface area (Å²) in [6.07, 6.45) is 4.36. The number of nitro benzene ring substituents is 1. The Balaban J connectivity index is 2.23. The fraction of sp³-hybridized carbons (Fsp3) is 0.0769. The van der Waals surface area contributed by atoms with Crippen molar-refractivity contribution in [3.8, 4) is 0 Å². The zero-order chi connectivity index (χ0) is 13.7. The summed E-state index contributed by atoms with van der Waals surface area (Å²) in [5, 5.41) is 21.3. The van der Waals surface area contributed by atoms with Crippen LogP contribution in [0.2, 0.25) is 0 Å². The second kappa shape index (κ2) is 5.72. The summed E-state index contributed by atoms with van der Waals surface area (Å²) in [6, 6.07) is 8.41. The molecule has 2 rings (SSSR count). The molecule has 6 nitrogen and oxygen atoms in total. The van der Waals surface area contributed by atoms with Crippen LogP contribution in [-0.2, 0) is 6.54 Å². The average molecular weight is 256 g/mol. The summed E-state index contributed by atoms with van der Waals surface area (Å²) in [5.74, 6) is 0. The second-order valence-electron chi connectivity index (χ2n) is 3.85. The second-order valence-corrected chi connectivity index (χ2v) is 3.85. The van der Waals surface area contributed by atoms with Crippen LogP contribution in [0.1, 0.15) is 11.1 Å². The number of nitrogens with one attached hydrogen (secondary N) is 2. The van der Waals surface area contributed by atoms with Crippen molar-refractivity contribution in [2.24, 2.45) is 0 Å². The molecule has 0 aliphatic rings.